The predicted molar refractivity (Wildman–Crippen MR) is 81.2 cm³/mol. The van der Waals surface area contributed by atoms with Gasteiger partial charge in [0.1, 0.15) is 5.75 Å². The van der Waals surface area contributed by atoms with Gasteiger partial charge in [0.05, 0.1) is 5.56 Å². The van der Waals surface area contributed by atoms with Crippen LogP contribution in [0.4, 0.5) is 0 Å². The van der Waals surface area contributed by atoms with Crippen molar-refractivity contribution in [2.75, 3.05) is 6.61 Å². The number of carbonyl (C=O) groups is 3. The maximum absolute atomic E-state index is 12.0. The molecule has 5 heteroatoms. The van der Waals surface area contributed by atoms with Gasteiger partial charge in [-0.15, -0.1) is 0 Å². The number of ketones is 2. The van der Waals surface area contributed by atoms with Crippen molar-refractivity contribution in [3.8, 4) is 5.75 Å². The Morgan fingerprint density at radius 2 is 1.68 bits per heavy atom. The topological polar surface area (TPSA) is 86.5 Å². The number of nitrogens with two attached hydrogens (primary N) is 1. The van der Waals surface area contributed by atoms with Gasteiger partial charge < -0.3 is 10.5 Å². The molecular weight excluding hydrogens is 282 g/mol. The first-order valence-corrected chi connectivity index (χ1v) is 6.65. The second kappa shape index (κ2) is 6.67. The molecule has 0 heterocycles. The first-order chi connectivity index (χ1) is 10.5. The van der Waals surface area contributed by atoms with Crippen LogP contribution in [-0.2, 0) is 0 Å². The molecule has 0 fully saturated rings. The summed E-state index contributed by atoms with van der Waals surface area (Å²) in [6, 6.07) is 13.0. The summed E-state index contributed by atoms with van der Waals surface area (Å²) in [7, 11) is 0. The largest absolute Gasteiger partial charge is 0.485 e. The van der Waals surface area contributed by atoms with E-state index >= 15 is 0 Å². The summed E-state index contributed by atoms with van der Waals surface area (Å²) in [5, 5.41) is 0. The number of hydrogen-bond donors (Lipinski definition) is 1. The molecule has 0 bridgehead atoms. The molecule has 0 aliphatic rings. The van der Waals surface area contributed by atoms with E-state index < -0.39 is 5.91 Å². The van der Waals surface area contributed by atoms with E-state index in [-0.39, 0.29) is 29.5 Å². The summed E-state index contributed by atoms with van der Waals surface area (Å²) in [5.74, 6) is -0.937. The summed E-state index contributed by atoms with van der Waals surface area (Å²) in [6.45, 7) is 1.17. The molecule has 0 atom stereocenters. The second-order valence-corrected chi connectivity index (χ2v) is 4.71. The Morgan fingerprint density at radius 3 is 2.27 bits per heavy atom. The van der Waals surface area contributed by atoms with Crippen molar-refractivity contribution < 1.29 is 19.1 Å². The Morgan fingerprint density at radius 1 is 1.00 bits per heavy atom. The van der Waals surface area contributed by atoms with Crippen molar-refractivity contribution in [2.24, 2.45) is 5.73 Å². The van der Waals surface area contributed by atoms with Crippen LogP contribution in [0.15, 0.2) is 48.5 Å². The second-order valence-electron chi connectivity index (χ2n) is 4.71. The van der Waals surface area contributed by atoms with Gasteiger partial charge in [0.2, 0.25) is 0 Å². The minimum absolute atomic E-state index is 0.0774. The fourth-order valence-electron chi connectivity index (χ4n) is 1.92. The quantitative estimate of drug-likeness (QED) is 0.828. The third-order valence-electron chi connectivity index (χ3n) is 3.11. The maximum atomic E-state index is 12.0. The van der Waals surface area contributed by atoms with Crippen LogP contribution in [-0.4, -0.2) is 24.1 Å². The van der Waals surface area contributed by atoms with Gasteiger partial charge in [0, 0.05) is 11.1 Å². The SMILES string of the molecule is CC(=O)c1ccc(OCC(=O)c2ccccc2)c(C(N)=O)c1. The number of benzene rings is 2. The lowest BCUT2D eigenvalue weighted by Crippen LogP contribution is -2.17. The van der Waals surface area contributed by atoms with Crippen LogP contribution in [0.3, 0.4) is 0 Å². The first kappa shape index (κ1) is 15.4. The molecule has 0 aromatic heterocycles. The minimum atomic E-state index is -0.717. The Labute approximate surface area is 127 Å². The van der Waals surface area contributed by atoms with Crippen molar-refractivity contribution in [3.63, 3.8) is 0 Å². The molecule has 22 heavy (non-hydrogen) atoms. The molecule has 112 valence electrons. The van der Waals surface area contributed by atoms with Gasteiger partial charge in [-0.2, -0.15) is 0 Å². The van der Waals surface area contributed by atoms with Gasteiger partial charge >= 0.3 is 0 Å². The number of Topliss-reactive ketones (excluding diaryl/α,β-unsaturated/α-hetero) is 2. The Balaban J connectivity index is 2.17. The molecule has 0 aliphatic heterocycles. The van der Waals surface area contributed by atoms with Gasteiger partial charge in [-0.1, -0.05) is 30.3 Å². The molecule has 0 spiro atoms. The minimum Gasteiger partial charge on any atom is -0.485 e. The van der Waals surface area contributed by atoms with E-state index in [1.165, 1.54) is 25.1 Å². The highest BCUT2D eigenvalue weighted by Crippen LogP contribution is 2.20. The number of primary amides is 1. The van der Waals surface area contributed by atoms with E-state index in [9.17, 15) is 14.4 Å². The fraction of sp³-hybridized carbons (Fsp3) is 0.118. The lowest BCUT2D eigenvalue weighted by atomic mass is 10.1. The van der Waals surface area contributed by atoms with Crippen molar-refractivity contribution in [1.82, 2.24) is 0 Å². The van der Waals surface area contributed by atoms with Gasteiger partial charge in [-0.25, -0.2) is 0 Å². The third-order valence-corrected chi connectivity index (χ3v) is 3.11. The molecule has 0 radical (unpaired) electrons. The number of ether oxygens (including phenoxy) is 1. The maximum Gasteiger partial charge on any atom is 0.252 e. The van der Waals surface area contributed by atoms with E-state index in [0.29, 0.717) is 11.1 Å². The predicted octanol–water partition coefficient (Wildman–Crippen LogP) is 2.25. The number of carbonyl (C=O) groups excluding carboxylic acids is 3. The summed E-state index contributed by atoms with van der Waals surface area (Å²) < 4.78 is 5.39. The van der Waals surface area contributed by atoms with Gasteiger partial charge in [-0.05, 0) is 25.1 Å². The normalized spacial score (nSPS) is 10.0. The van der Waals surface area contributed by atoms with Crippen LogP contribution < -0.4 is 10.5 Å². The Hall–Kier alpha value is -2.95. The lowest BCUT2D eigenvalue weighted by Gasteiger charge is -2.10. The highest BCUT2D eigenvalue weighted by Gasteiger charge is 2.14. The third kappa shape index (κ3) is 3.58. The molecule has 2 N–H and O–H groups in total. The molecular formula is C17H15NO4. The van der Waals surface area contributed by atoms with Crippen LogP contribution in [0.2, 0.25) is 0 Å². The molecule has 2 rings (SSSR count). The molecule has 0 saturated heterocycles. The van der Waals surface area contributed by atoms with Crippen LogP contribution >= 0.6 is 0 Å². The first-order valence-electron chi connectivity index (χ1n) is 6.65. The smallest absolute Gasteiger partial charge is 0.252 e. The molecule has 0 unspecified atom stereocenters. The monoisotopic (exact) mass is 297 g/mol. The van der Waals surface area contributed by atoms with E-state index in [1.807, 2.05) is 6.07 Å². The van der Waals surface area contributed by atoms with E-state index in [2.05, 4.69) is 0 Å². The van der Waals surface area contributed by atoms with Gasteiger partial charge in [0.25, 0.3) is 5.91 Å². The summed E-state index contributed by atoms with van der Waals surface area (Å²) >= 11 is 0. The van der Waals surface area contributed by atoms with E-state index in [1.54, 1.807) is 24.3 Å². The summed E-state index contributed by atoms with van der Waals surface area (Å²) in [5.41, 5.74) is 6.24. The number of rotatable bonds is 6. The highest BCUT2D eigenvalue weighted by molar-refractivity contribution is 6.01. The van der Waals surface area contributed by atoms with Crippen LogP contribution in [0.25, 0.3) is 0 Å². The standard InChI is InChI=1S/C17H15NO4/c1-11(19)13-7-8-16(14(9-13)17(18)21)22-10-15(20)12-5-3-2-4-6-12/h2-9H,10H2,1H3,(H2,18,21). The van der Waals surface area contributed by atoms with Crippen LogP contribution in [0, 0.1) is 0 Å². The van der Waals surface area contributed by atoms with Crippen LogP contribution in [0.1, 0.15) is 38.0 Å². The highest BCUT2D eigenvalue weighted by atomic mass is 16.5. The molecule has 2 aromatic rings. The molecule has 2 aromatic carbocycles. The van der Waals surface area contributed by atoms with E-state index in [4.69, 9.17) is 10.5 Å². The number of hydrogen-bond acceptors (Lipinski definition) is 4. The fourth-order valence-corrected chi connectivity index (χ4v) is 1.92. The Bertz CT molecular complexity index is 723. The average Bonchev–Trinajstić information content (AvgIpc) is 2.53. The molecule has 0 saturated carbocycles. The summed E-state index contributed by atoms with van der Waals surface area (Å²) in [4.78, 5) is 34.8. The molecule has 5 nitrogen and oxygen atoms in total. The zero-order valence-corrected chi connectivity index (χ0v) is 12.0. The number of amides is 1. The summed E-state index contributed by atoms with van der Waals surface area (Å²) in [6.07, 6.45) is 0. The van der Waals surface area contributed by atoms with Crippen molar-refractivity contribution in [1.29, 1.82) is 0 Å². The zero-order chi connectivity index (χ0) is 16.1. The average molecular weight is 297 g/mol. The molecule has 1 amide bonds. The lowest BCUT2D eigenvalue weighted by molar-refractivity contribution is 0.0911. The zero-order valence-electron chi connectivity index (χ0n) is 12.0. The van der Waals surface area contributed by atoms with Crippen molar-refractivity contribution >= 4 is 17.5 Å². The molecule has 0 aliphatic carbocycles. The van der Waals surface area contributed by atoms with Crippen molar-refractivity contribution in [3.05, 3.63) is 65.2 Å². The van der Waals surface area contributed by atoms with Crippen LogP contribution in [0.5, 0.6) is 5.75 Å². The van der Waals surface area contributed by atoms with Gasteiger partial charge in [0.15, 0.2) is 18.2 Å². The van der Waals surface area contributed by atoms with E-state index in [0.717, 1.165) is 0 Å². The van der Waals surface area contributed by atoms with Crippen molar-refractivity contribution in [2.45, 2.75) is 6.92 Å². The Kier molecular flexibility index (Phi) is 4.68. The van der Waals surface area contributed by atoms with Gasteiger partial charge in [-0.3, -0.25) is 14.4 Å².